The number of aromatic amines is 1. The fourth-order valence-electron chi connectivity index (χ4n) is 1.67. The van der Waals surface area contributed by atoms with Gasteiger partial charge < -0.3 is 9.72 Å². The number of ether oxygens (including phenoxy) is 1. The molecule has 1 aromatic rings. The van der Waals surface area contributed by atoms with Crippen molar-refractivity contribution in [3.05, 3.63) is 31.6 Å². The smallest absolute Gasteiger partial charge is 0.344 e. The lowest BCUT2D eigenvalue weighted by Crippen LogP contribution is -2.24. The Morgan fingerprint density at radius 1 is 1.47 bits per heavy atom. The Kier molecular flexibility index (Phi) is 4.51. The quantitative estimate of drug-likeness (QED) is 0.873. The third-order valence-corrected chi connectivity index (χ3v) is 3.44. The van der Waals surface area contributed by atoms with Crippen molar-refractivity contribution in [3.8, 4) is 0 Å². The van der Waals surface area contributed by atoms with Crippen molar-refractivity contribution in [1.29, 1.82) is 0 Å². The molecule has 0 amide bonds. The summed E-state index contributed by atoms with van der Waals surface area (Å²) in [6, 6.07) is 0. The molecule has 0 aromatic carbocycles. The molecule has 17 heavy (non-hydrogen) atoms. The molecule has 1 N–H and O–H groups in total. The number of H-pyrrole nitrogens is 1. The molecule has 0 saturated heterocycles. The van der Waals surface area contributed by atoms with Crippen LogP contribution >= 0.6 is 15.9 Å². The molecule has 94 valence electrons. The summed E-state index contributed by atoms with van der Waals surface area (Å²) >= 11 is 3.41. The average Bonchev–Trinajstić information content (AvgIpc) is 2.22. The molecule has 5 heteroatoms. The van der Waals surface area contributed by atoms with Gasteiger partial charge in [-0.1, -0.05) is 13.8 Å². The van der Waals surface area contributed by atoms with E-state index in [4.69, 9.17) is 4.74 Å². The summed E-state index contributed by atoms with van der Waals surface area (Å²) in [6.45, 7) is 7.61. The Morgan fingerprint density at radius 3 is 2.53 bits per heavy atom. The van der Waals surface area contributed by atoms with E-state index in [1.807, 2.05) is 13.8 Å². The number of hydrogen-bond acceptors (Lipinski definition) is 3. The van der Waals surface area contributed by atoms with E-state index < -0.39 is 11.5 Å². The first-order valence-corrected chi connectivity index (χ1v) is 6.28. The van der Waals surface area contributed by atoms with Gasteiger partial charge in [-0.2, -0.15) is 0 Å². The van der Waals surface area contributed by atoms with Gasteiger partial charge in [0.15, 0.2) is 0 Å². The number of aryl methyl sites for hydroxylation is 1. The first-order chi connectivity index (χ1) is 7.90. The van der Waals surface area contributed by atoms with E-state index >= 15 is 0 Å². The Labute approximate surface area is 109 Å². The number of carbonyl (C=O) groups excluding carboxylic acids is 1. The van der Waals surface area contributed by atoms with Gasteiger partial charge in [0.25, 0.3) is 5.56 Å². The highest BCUT2D eigenvalue weighted by Gasteiger charge is 2.23. The van der Waals surface area contributed by atoms with Crippen molar-refractivity contribution in [1.82, 2.24) is 4.98 Å². The first-order valence-electron chi connectivity index (χ1n) is 5.49. The number of carbonyl (C=O) groups is 1. The van der Waals surface area contributed by atoms with E-state index in [-0.39, 0.29) is 18.1 Å². The second-order valence-electron chi connectivity index (χ2n) is 4.06. The largest absolute Gasteiger partial charge is 0.462 e. The van der Waals surface area contributed by atoms with Crippen LogP contribution in [-0.2, 0) is 4.74 Å². The van der Waals surface area contributed by atoms with Gasteiger partial charge in [0.05, 0.1) is 6.61 Å². The van der Waals surface area contributed by atoms with Crippen molar-refractivity contribution in [2.24, 2.45) is 0 Å². The summed E-state index contributed by atoms with van der Waals surface area (Å²) in [6.07, 6.45) is 0. The number of hydrogen-bond donors (Lipinski definition) is 1. The van der Waals surface area contributed by atoms with Crippen molar-refractivity contribution >= 4 is 21.9 Å². The van der Waals surface area contributed by atoms with E-state index in [2.05, 4.69) is 20.9 Å². The van der Waals surface area contributed by atoms with Gasteiger partial charge in [0, 0.05) is 10.2 Å². The summed E-state index contributed by atoms with van der Waals surface area (Å²) in [4.78, 5) is 26.3. The zero-order valence-corrected chi connectivity index (χ0v) is 12.0. The van der Waals surface area contributed by atoms with Crippen molar-refractivity contribution < 1.29 is 9.53 Å². The molecule has 0 unspecified atom stereocenters. The molecule has 0 aliphatic carbocycles. The fourth-order valence-corrected chi connectivity index (χ4v) is 2.42. The van der Waals surface area contributed by atoms with Crippen LogP contribution in [0.5, 0.6) is 0 Å². The zero-order valence-electron chi connectivity index (χ0n) is 10.4. The lowest BCUT2D eigenvalue weighted by atomic mass is 9.98. The fraction of sp³-hybridized carbons (Fsp3) is 0.500. The second kappa shape index (κ2) is 5.49. The molecule has 0 aliphatic rings. The lowest BCUT2D eigenvalue weighted by molar-refractivity contribution is 0.0522. The Bertz CT molecular complexity index is 491. The number of rotatable bonds is 3. The molecular weight excluding hydrogens is 286 g/mol. The number of pyridine rings is 1. The van der Waals surface area contributed by atoms with Gasteiger partial charge in [-0.25, -0.2) is 4.79 Å². The van der Waals surface area contributed by atoms with E-state index in [9.17, 15) is 9.59 Å². The molecule has 0 aliphatic heterocycles. The highest BCUT2D eigenvalue weighted by molar-refractivity contribution is 9.10. The van der Waals surface area contributed by atoms with Crippen molar-refractivity contribution in [2.75, 3.05) is 6.61 Å². The van der Waals surface area contributed by atoms with Crippen molar-refractivity contribution in [3.63, 3.8) is 0 Å². The highest BCUT2D eigenvalue weighted by atomic mass is 79.9. The van der Waals surface area contributed by atoms with E-state index in [0.29, 0.717) is 11.3 Å². The summed E-state index contributed by atoms with van der Waals surface area (Å²) in [5.74, 6) is -0.511. The maximum Gasteiger partial charge on any atom is 0.344 e. The van der Waals surface area contributed by atoms with Crippen LogP contribution in [0.2, 0.25) is 0 Å². The molecule has 1 heterocycles. The Balaban J connectivity index is 3.52. The SMILES string of the molecule is CCOC(=O)c1c(C(C)C)c(Br)c(C)[nH]c1=O. The summed E-state index contributed by atoms with van der Waals surface area (Å²) in [5, 5.41) is 0. The Hall–Kier alpha value is -1.10. The van der Waals surface area contributed by atoms with Crippen LogP contribution in [0.15, 0.2) is 9.27 Å². The molecule has 1 aromatic heterocycles. The maximum atomic E-state index is 11.9. The lowest BCUT2D eigenvalue weighted by Gasteiger charge is -2.14. The van der Waals surface area contributed by atoms with Gasteiger partial charge in [-0.15, -0.1) is 0 Å². The van der Waals surface area contributed by atoms with E-state index in [1.54, 1.807) is 13.8 Å². The Morgan fingerprint density at radius 2 is 2.06 bits per heavy atom. The standard InChI is InChI=1S/C12H16BrNO3/c1-5-17-12(16)9-8(6(2)3)10(13)7(4)14-11(9)15/h6H,5H2,1-4H3,(H,14,15). The summed E-state index contributed by atoms with van der Waals surface area (Å²) in [7, 11) is 0. The maximum absolute atomic E-state index is 11.9. The third-order valence-electron chi connectivity index (χ3n) is 2.42. The van der Waals surface area contributed by atoms with Crippen LogP contribution in [0, 0.1) is 6.92 Å². The molecular formula is C12H16BrNO3. The normalized spacial score (nSPS) is 10.7. The molecule has 0 radical (unpaired) electrons. The number of nitrogens with one attached hydrogen (secondary N) is 1. The zero-order chi connectivity index (χ0) is 13.2. The van der Waals surface area contributed by atoms with Crippen LogP contribution in [-0.4, -0.2) is 17.6 Å². The topological polar surface area (TPSA) is 59.2 Å². The highest BCUT2D eigenvalue weighted by Crippen LogP contribution is 2.28. The minimum atomic E-state index is -0.571. The number of aromatic nitrogens is 1. The molecule has 0 atom stereocenters. The monoisotopic (exact) mass is 301 g/mol. The van der Waals surface area contributed by atoms with Crippen LogP contribution in [0.4, 0.5) is 0 Å². The predicted octanol–water partition coefficient (Wildman–Crippen LogP) is 2.75. The predicted molar refractivity (Wildman–Crippen MR) is 69.5 cm³/mol. The second-order valence-corrected chi connectivity index (χ2v) is 4.85. The van der Waals surface area contributed by atoms with Gasteiger partial charge in [-0.3, -0.25) is 4.79 Å². The first kappa shape index (κ1) is 14.0. The van der Waals surface area contributed by atoms with E-state index in [0.717, 1.165) is 4.47 Å². The minimum absolute atomic E-state index is 0.0600. The average molecular weight is 302 g/mol. The third kappa shape index (κ3) is 2.77. The van der Waals surface area contributed by atoms with Gasteiger partial charge in [0.1, 0.15) is 5.56 Å². The van der Waals surface area contributed by atoms with Crippen LogP contribution in [0.3, 0.4) is 0 Å². The number of halogens is 1. The molecule has 1 rings (SSSR count). The summed E-state index contributed by atoms with van der Waals surface area (Å²) < 4.78 is 5.67. The molecule has 4 nitrogen and oxygen atoms in total. The number of esters is 1. The summed E-state index contributed by atoms with van der Waals surface area (Å²) in [5.41, 5.74) is 1.11. The molecule has 0 bridgehead atoms. The molecule has 0 fully saturated rings. The van der Waals surface area contributed by atoms with Crippen LogP contribution in [0.25, 0.3) is 0 Å². The van der Waals surface area contributed by atoms with Crippen LogP contribution < -0.4 is 5.56 Å². The minimum Gasteiger partial charge on any atom is -0.462 e. The molecule has 0 spiro atoms. The van der Waals surface area contributed by atoms with Gasteiger partial charge in [-0.05, 0) is 41.3 Å². The van der Waals surface area contributed by atoms with Crippen LogP contribution in [0.1, 0.15) is 48.3 Å². The van der Waals surface area contributed by atoms with E-state index in [1.165, 1.54) is 0 Å². The van der Waals surface area contributed by atoms with Crippen molar-refractivity contribution in [2.45, 2.75) is 33.6 Å². The molecule has 0 saturated carbocycles. The van der Waals surface area contributed by atoms with Gasteiger partial charge in [0.2, 0.25) is 0 Å². The van der Waals surface area contributed by atoms with Gasteiger partial charge >= 0.3 is 5.97 Å².